The van der Waals surface area contributed by atoms with E-state index < -0.39 is 10.0 Å². The SMILES string of the molecule is Cc1cc(C)c(S(=O)(=O)NCCC(=O)N2C3CCNCC2CC3)c(C)c1.Cl. The maximum Gasteiger partial charge on any atom is 0.241 e. The molecule has 0 radical (unpaired) electrons. The summed E-state index contributed by atoms with van der Waals surface area (Å²) >= 11 is 0. The predicted molar refractivity (Wildman–Crippen MR) is 109 cm³/mol. The summed E-state index contributed by atoms with van der Waals surface area (Å²) in [5.41, 5.74) is 2.51. The summed E-state index contributed by atoms with van der Waals surface area (Å²) in [6, 6.07) is 4.30. The van der Waals surface area contributed by atoms with Gasteiger partial charge in [-0.15, -0.1) is 12.4 Å². The van der Waals surface area contributed by atoms with Gasteiger partial charge in [-0.2, -0.15) is 0 Å². The van der Waals surface area contributed by atoms with Gasteiger partial charge in [0.05, 0.1) is 4.90 Å². The van der Waals surface area contributed by atoms with Crippen LogP contribution in [0, 0.1) is 20.8 Å². The number of halogens is 1. The van der Waals surface area contributed by atoms with Crippen LogP contribution in [0.25, 0.3) is 0 Å². The van der Waals surface area contributed by atoms with Crippen LogP contribution < -0.4 is 10.0 Å². The molecule has 2 saturated heterocycles. The second-order valence-corrected chi connectivity index (χ2v) is 9.26. The van der Waals surface area contributed by atoms with Gasteiger partial charge in [-0.05, 0) is 57.7 Å². The van der Waals surface area contributed by atoms with Gasteiger partial charge in [0.1, 0.15) is 0 Å². The summed E-state index contributed by atoms with van der Waals surface area (Å²) in [6.07, 6.45) is 3.29. The first kappa shape index (κ1) is 22.1. The number of fused-ring (bicyclic) bond motifs is 2. The van der Waals surface area contributed by atoms with Crippen molar-refractivity contribution >= 4 is 28.3 Å². The number of carbonyl (C=O) groups excluding carboxylic acids is 1. The lowest BCUT2D eigenvalue weighted by molar-refractivity contribution is -0.133. The van der Waals surface area contributed by atoms with Gasteiger partial charge in [0.25, 0.3) is 0 Å². The topological polar surface area (TPSA) is 78.5 Å². The van der Waals surface area contributed by atoms with E-state index in [0.717, 1.165) is 49.0 Å². The molecule has 1 aromatic rings. The molecule has 2 atom stereocenters. The number of aryl methyl sites for hydroxylation is 3. The molecular weight excluding hydrogens is 386 g/mol. The maximum atomic E-state index is 12.7. The third kappa shape index (κ3) is 4.83. The highest BCUT2D eigenvalue weighted by molar-refractivity contribution is 7.89. The zero-order valence-electron chi connectivity index (χ0n) is 16.2. The molecule has 6 nitrogen and oxygen atoms in total. The van der Waals surface area contributed by atoms with E-state index in [2.05, 4.69) is 10.0 Å². The summed E-state index contributed by atoms with van der Waals surface area (Å²) in [5, 5.41) is 3.38. The lowest BCUT2D eigenvalue weighted by Gasteiger charge is -2.28. The van der Waals surface area contributed by atoms with E-state index in [1.165, 1.54) is 0 Å². The van der Waals surface area contributed by atoms with Crippen molar-refractivity contribution in [3.63, 3.8) is 0 Å². The van der Waals surface area contributed by atoms with Gasteiger partial charge in [-0.3, -0.25) is 4.79 Å². The Labute approximate surface area is 168 Å². The summed E-state index contributed by atoms with van der Waals surface area (Å²) < 4.78 is 28.0. The molecule has 1 aromatic carbocycles. The summed E-state index contributed by atoms with van der Waals surface area (Å²) in [5.74, 6) is 0.0567. The Bertz CT molecular complexity index is 760. The quantitative estimate of drug-likeness (QED) is 0.771. The second kappa shape index (κ2) is 8.90. The first-order valence-corrected chi connectivity index (χ1v) is 10.9. The molecule has 2 aliphatic heterocycles. The number of carbonyl (C=O) groups is 1. The molecule has 2 fully saturated rings. The Morgan fingerprint density at radius 2 is 1.78 bits per heavy atom. The first-order valence-electron chi connectivity index (χ1n) is 9.39. The van der Waals surface area contributed by atoms with Gasteiger partial charge in [-0.1, -0.05) is 17.7 Å². The maximum absolute atomic E-state index is 12.7. The van der Waals surface area contributed by atoms with E-state index in [-0.39, 0.29) is 37.3 Å². The Morgan fingerprint density at radius 3 is 2.44 bits per heavy atom. The van der Waals surface area contributed by atoms with Gasteiger partial charge in [0.15, 0.2) is 0 Å². The Morgan fingerprint density at radius 1 is 1.15 bits per heavy atom. The predicted octanol–water partition coefficient (Wildman–Crippen LogP) is 2.05. The van der Waals surface area contributed by atoms with Crippen molar-refractivity contribution in [2.75, 3.05) is 19.6 Å². The van der Waals surface area contributed by atoms with Crippen LogP contribution in [-0.4, -0.2) is 50.9 Å². The van der Waals surface area contributed by atoms with Crippen LogP contribution >= 0.6 is 12.4 Å². The van der Waals surface area contributed by atoms with Gasteiger partial charge in [0.2, 0.25) is 15.9 Å². The van der Waals surface area contributed by atoms with Crippen molar-refractivity contribution in [1.82, 2.24) is 14.9 Å². The molecule has 0 aliphatic carbocycles. The molecule has 2 N–H and O–H groups in total. The highest BCUT2D eigenvalue weighted by Gasteiger charge is 2.37. The van der Waals surface area contributed by atoms with Gasteiger partial charge >= 0.3 is 0 Å². The fraction of sp³-hybridized carbons (Fsp3) is 0.632. The average Bonchev–Trinajstić information content (AvgIpc) is 2.78. The van der Waals surface area contributed by atoms with Gasteiger partial charge < -0.3 is 10.2 Å². The molecule has 8 heteroatoms. The Kier molecular flexibility index (Phi) is 7.30. The number of hydrogen-bond acceptors (Lipinski definition) is 4. The van der Waals surface area contributed by atoms with E-state index in [9.17, 15) is 13.2 Å². The van der Waals surface area contributed by atoms with E-state index in [4.69, 9.17) is 0 Å². The average molecular weight is 416 g/mol. The molecule has 1 amide bonds. The van der Waals surface area contributed by atoms with E-state index in [0.29, 0.717) is 10.9 Å². The molecule has 2 unspecified atom stereocenters. The normalized spacial score (nSPS) is 22.3. The van der Waals surface area contributed by atoms with Crippen LogP contribution in [0.5, 0.6) is 0 Å². The van der Waals surface area contributed by atoms with E-state index in [1.54, 1.807) is 0 Å². The summed E-state index contributed by atoms with van der Waals surface area (Å²) in [4.78, 5) is 15.0. The molecule has 152 valence electrons. The largest absolute Gasteiger partial charge is 0.335 e. The third-order valence-electron chi connectivity index (χ3n) is 5.45. The standard InChI is InChI=1S/C19H29N3O3S.ClH/c1-13-10-14(2)19(15(3)11-13)26(24,25)21-9-7-18(23)22-16-4-5-17(22)12-20-8-6-16;/h10-11,16-17,20-21H,4-9,12H2,1-3H3;1H. The van der Waals surface area contributed by atoms with Crippen LogP contribution in [0.2, 0.25) is 0 Å². The molecule has 2 bridgehead atoms. The first-order chi connectivity index (χ1) is 12.3. The molecule has 3 rings (SSSR count). The fourth-order valence-corrected chi connectivity index (χ4v) is 5.95. The number of sulfonamides is 1. The third-order valence-corrected chi connectivity index (χ3v) is 7.21. The summed E-state index contributed by atoms with van der Waals surface area (Å²) in [6.45, 7) is 7.49. The summed E-state index contributed by atoms with van der Waals surface area (Å²) in [7, 11) is -3.62. The fourth-order valence-electron chi connectivity index (χ4n) is 4.47. The molecule has 2 heterocycles. The Hall–Kier alpha value is -1.15. The van der Waals surface area contributed by atoms with Crippen molar-refractivity contribution in [3.8, 4) is 0 Å². The highest BCUT2D eigenvalue weighted by Crippen LogP contribution is 2.28. The van der Waals surface area contributed by atoms with Crippen molar-refractivity contribution in [2.24, 2.45) is 0 Å². The second-order valence-electron chi connectivity index (χ2n) is 7.55. The molecular formula is C19H30ClN3O3S. The van der Waals surface area contributed by atoms with Crippen molar-refractivity contribution in [2.45, 2.75) is 63.4 Å². The number of benzene rings is 1. The lowest BCUT2D eigenvalue weighted by Crippen LogP contribution is -2.43. The number of amides is 1. The van der Waals surface area contributed by atoms with Crippen molar-refractivity contribution in [1.29, 1.82) is 0 Å². The molecule has 0 spiro atoms. The number of hydrogen-bond donors (Lipinski definition) is 2. The van der Waals surface area contributed by atoms with Crippen LogP contribution in [0.4, 0.5) is 0 Å². The lowest BCUT2D eigenvalue weighted by atomic mass is 10.1. The zero-order valence-corrected chi connectivity index (χ0v) is 17.9. The molecule has 27 heavy (non-hydrogen) atoms. The smallest absolute Gasteiger partial charge is 0.241 e. The molecule has 0 aromatic heterocycles. The van der Waals surface area contributed by atoms with E-state index in [1.807, 2.05) is 37.8 Å². The number of nitrogens with one attached hydrogen (secondary N) is 2. The monoisotopic (exact) mass is 415 g/mol. The van der Waals surface area contributed by atoms with Crippen LogP contribution in [0.3, 0.4) is 0 Å². The van der Waals surface area contributed by atoms with E-state index >= 15 is 0 Å². The highest BCUT2D eigenvalue weighted by atomic mass is 35.5. The minimum absolute atomic E-state index is 0. The van der Waals surface area contributed by atoms with Gasteiger partial charge in [0, 0.05) is 31.6 Å². The Balaban J connectivity index is 0.00000261. The minimum Gasteiger partial charge on any atom is -0.335 e. The van der Waals surface area contributed by atoms with Crippen molar-refractivity contribution < 1.29 is 13.2 Å². The zero-order chi connectivity index (χ0) is 18.9. The van der Waals surface area contributed by atoms with Crippen LogP contribution in [-0.2, 0) is 14.8 Å². The van der Waals surface area contributed by atoms with Crippen molar-refractivity contribution in [3.05, 3.63) is 28.8 Å². The van der Waals surface area contributed by atoms with Gasteiger partial charge in [-0.25, -0.2) is 13.1 Å². The van der Waals surface area contributed by atoms with Crippen LogP contribution in [0.15, 0.2) is 17.0 Å². The van der Waals surface area contributed by atoms with Crippen LogP contribution in [0.1, 0.15) is 42.4 Å². The molecule has 0 saturated carbocycles. The number of nitrogens with zero attached hydrogens (tertiary/aromatic N) is 1. The number of rotatable bonds is 5. The molecule has 2 aliphatic rings. The minimum atomic E-state index is -3.62.